The fourth-order valence-corrected chi connectivity index (χ4v) is 2.67. The molecule has 3 rings (SSSR count). The predicted octanol–water partition coefficient (Wildman–Crippen LogP) is 6.37. The smallest absolute Gasteiger partial charge is 0.422 e. The molecule has 1 aromatic heterocycles. The summed E-state index contributed by atoms with van der Waals surface area (Å²) in [6.07, 6.45) is -9.19. The summed E-state index contributed by atoms with van der Waals surface area (Å²) in [6.45, 7) is 2.36. The molecule has 2 aromatic carbocycles. The second kappa shape index (κ2) is 9.01. The highest BCUT2D eigenvalue weighted by Crippen LogP contribution is 2.31. The number of ether oxygens (including phenoxy) is 1. The Morgan fingerprint density at radius 3 is 2.19 bits per heavy atom. The number of benzene rings is 2. The first kappa shape index (κ1) is 23.3. The molecule has 0 saturated carbocycles. The number of halogens is 6. The van der Waals surface area contributed by atoms with E-state index in [4.69, 9.17) is 0 Å². The number of hydrogen-bond acceptors (Lipinski definition) is 5. The van der Waals surface area contributed by atoms with Crippen LogP contribution in [0.2, 0.25) is 0 Å². The van der Waals surface area contributed by atoms with E-state index in [0.717, 1.165) is 17.7 Å². The molecule has 0 unspecified atom stereocenters. The van der Waals surface area contributed by atoms with Crippen LogP contribution in [0.15, 0.2) is 48.5 Å². The third-order valence-electron chi connectivity index (χ3n) is 4.26. The number of nitrogens with zero attached hydrogens (tertiary/aromatic N) is 3. The van der Waals surface area contributed by atoms with Gasteiger partial charge in [-0.2, -0.15) is 41.3 Å². The van der Waals surface area contributed by atoms with Crippen molar-refractivity contribution in [1.82, 2.24) is 15.0 Å². The molecule has 5 nitrogen and oxygen atoms in total. The van der Waals surface area contributed by atoms with Crippen LogP contribution in [0.1, 0.15) is 30.9 Å². The number of anilines is 2. The summed E-state index contributed by atoms with van der Waals surface area (Å²) in [5.74, 6) is -0.00684. The van der Waals surface area contributed by atoms with Crippen LogP contribution < -0.4 is 10.1 Å². The molecule has 1 heterocycles. The van der Waals surface area contributed by atoms with E-state index in [1.54, 1.807) is 12.1 Å². The zero-order chi connectivity index (χ0) is 23.5. The molecule has 11 heteroatoms. The van der Waals surface area contributed by atoms with Gasteiger partial charge in [0.25, 0.3) is 0 Å². The summed E-state index contributed by atoms with van der Waals surface area (Å²) in [5, 5.41) is 2.57. The van der Waals surface area contributed by atoms with Gasteiger partial charge in [0.15, 0.2) is 12.4 Å². The standard InChI is InChI=1S/C21H18F6N4O/c1-12(2)13-6-8-14(9-7-13)17-29-18(31-19(30-17)32-11-20(22,23)24)28-16-5-3-4-15(10-16)21(25,26)27/h3-10,12H,11H2,1-2H3,(H,28,29,30,31). The Kier molecular flexibility index (Phi) is 6.56. The molecule has 3 aromatic rings. The lowest BCUT2D eigenvalue weighted by Gasteiger charge is -2.13. The molecule has 0 bridgehead atoms. The summed E-state index contributed by atoms with van der Waals surface area (Å²) in [6, 6.07) is 10.6. The maximum absolute atomic E-state index is 13.0. The van der Waals surface area contributed by atoms with Crippen molar-refractivity contribution in [2.24, 2.45) is 0 Å². The molecule has 1 N–H and O–H groups in total. The van der Waals surface area contributed by atoms with Gasteiger partial charge in [0, 0.05) is 11.3 Å². The van der Waals surface area contributed by atoms with Crippen LogP contribution in [0.3, 0.4) is 0 Å². The van der Waals surface area contributed by atoms with Gasteiger partial charge in [0.05, 0.1) is 5.56 Å². The normalized spacial score (nSPS) is 12.2. The Bertz CT molecular complexity index is 1070. The highest BCUT2D eigenvalue weighted by atomic mass is 19.4. The Hall–Kier alpha value is -3.37. The van der Waals surface area contributed by atoms with E-state index >= 15 is 0 Å². The Morgan fingerprint density at radius 2 is 1.59 bits per heavy atom. The minimum atomic E-state index is -4.62. The van der Waals surface area contributed by atoms with Crippen LogP contribution in [-0.4, -0.2) is 27.7 Å². The molecule has 0 aliphatic carbocycles. The van der Waals surface area contributed by atoms with Gasteiger partial charge in [-0.25, -0.2) is 0 Å². The lowest BCUT2D eigenvalue weighted by Crippen LogP contribution is -2.20. The van der Waals surface area contributed by atoms with Crippen LogP contribution in [0.25, 0.3) is 11.4 Å². The topological polar surface area (TPSA) is 59.9 Å². The SMILES string of the molecule is CC(C)c1ccc(-c2nc(Nc3cccc(C(F)(F)F)c3)nc(OCC(F)(F)F)n2)cc1. The molecule has 0 amide bonds. The van der Waals surface area contributed by atoms with E-state index in [2.05, 4.69) is 25.0 Å². The van der Waals surface area contributed by atoms with Crippen molar-refractivity contribution in [3.8, 4) is 17.4 Å². The fraction of sp³-hybridized carbons (Fsp3) is 0.286. The largest absolute Gasteiger partial charge is 0.454 e. The Balaban J connectivity index is 1.96. The van der Waals surface area contributed by atoms with Crippen LogP contribution in [0, 0.1) is 0 Å². The number of nitrogens with one attached hydrogen (secondary N) is 1. The van der Waals surface area contributed by atoms with Gasteiger partial charge in [0.2, 0.25) is 5.95 Å². The molecule has 0 aliphatic heterocycles. The van der Waals surface area contributed by atoms with Gasteiger partial charge in [-0.15, -0.1) is 0 Å². The summed E-state index contributed by atoms with van der Waals surface area (Å²) in [7, 11) is 0. The highest BCUT2D eigenvalue weighted by molar-refractivity contribution is 5.60. The van der Waals surface area contributed by atoms with Gasteiger partial charge >= 0.3 is 18.4 Å². The average molecular weight is 456 g/mol. The third-order valence-corrected chi connectivity index (χ3v) is 4.26. The van der Waals surface area contributed by atoms with E-state index < -0.39 is 30.5 Å². The van der Waals surface area contributed by atoms with Crippen LogP contribution >= 0.6 is 0 Å². The molecule has 0 aliphatic rings. The van der Waals surface area contributed by atoms with Crippen molar-refractivity contribution < 1.29 is 31.1 Å². The summed E-state index contributed by atoms with van der Waals surface area (Å²) < 4.78 is 81.2. The molecule has 0 radical (unpaired) electrons. The van der Waals surface area contributed by atoms with E-state index in [1.165, 1.54) is 12.1 Å². The minimum Gasteiger partial charge on any atom is -0.454 e. The fourth-order valence-electron chi connectivity index (χ4n) is 2.67. The van der Waals surface area contributed by atoms with Crippen molar-refractivity contribution >= 4 is 11.6 Å². The molecule has 0 spiro atoms. The Morgan fingerprint density at radius 1 is 0.906 bits per heavy atom. The zero-order valence-corrected chi connectivity index (χ0v) is 16.9. The number of hydrogen-bond donors (Lipinski definition) is 1. The molecule has 170 valence electrons. The van der Waals surface area contributed by atoms with Gasteiger partial charge in [0.1, 0.15) is 0 Å². The summed E-state index contributed by atoms with van der Waals surface area (Å²) >= 11 is 0. The van der Waals surface area contributed by atoms with Crippen molar-refractivity contribution in [2.45, 2.75) is 32.1 Å². The minimum absolute atomic E-state index is 0.00181. The van der Waals surface area contributed by atoms with Gasteiger partial charge in [-0.05, 0) is 29.7 Å². The molecule has 0 fully saturated rings. The first-order chi connectivity index (χ1) is 14.9. The number of aromatic nitrogens is 3. The lowest BCUT2D eigenvalue weighted by atomic mass is 10.0. The van der Waals surface area contributed by atoms with E-state index in [1.807, 2.05) is 26.0 Å². The molecule has 0 saturated heterocycles. The quantitative estimate of drug-likeness (QED) is 0.437. The highest BCUT2D eigenvalue weighted by Gasteiger charge is 2.31. The maximum atomic E-state index is 13.0. The second-order valence-corrected chi connectivity index (χ2v) is 7.15. The number of rotatable bonds is 6. The first-order valence-corrected chi connectivity index (χ1v) is 9.41. The second-order valence-electron chi connectivity index (χ2n) is 7.15. The molecular formula is C21H18F6N4O. The van der Waals surface area contributed by atoms with Gasteiger partial charge < -0.3 is 10.1 Å². The number of alkyl halides is 6. The van der Waals surface area contributed by atoms with Crippen molar-refractivity contribution in [3.63, 3.8) is 0 Å². The summed E-state index contributed by atoms with van der Waals surface area (Å²) in [4.78, 5) is 11.8. The zero-order valence-electron chi connectivity index (χ0n) is 16.9. The van der Waals surface area contributed by atoms with E-state index in [-0.39, 0.29) is 23.4 Å². The van der Waals surface area contributed by atoms with Gasteiger partial charge in [-0.3, -0.25) is 0 Å². The Labute approximate surface area is 179 Å². The van der Waals surface area contributed by atoms with Crippen molar-refractivity contribution in [2.75, 3.05) is 11.9 Å². The average Bonchev–Trinajstić information content (AvgIpc) is 2.71. The summed E-state index contributed by atoms with van der Waals surface area (Å²) in [5.41, 5.74) is 0.586. The van der Waals surface area contributed by atoms with Crippen molar-refractivity contribution in [3.05, 3.63) is 59.7 Å². The molecule has 0 atom stereocenters. The predicted molar refractivity (Wildman–Crippen MR) is 106 cm³/mol. The monoisotopic (exact) mass is 456 g/mol. The third kappa shape index (κ3) is 6.32. The maximum Gasteiger partial charge on any atom is 0.422 e. The molecule has 32 heavy (non-hydrogen) atoms. The van der Waals surface area contributed by atoms with Gasteiger partial charge in [-0.1, -0.05) is 44.2 Å². The lowest BCUT2D eigenvalue weighted by molar-refractivity contribution is -0.154. The first-order valence-electron chi connectivity index (χ1n) is 9.41. The van der Waals surface area contributed by atoms with E-state index in [9.17, 15) is 26.3 Å². The van der Waals surface area contributed by atoms with E-state index in [0.29, 0.717) is 5.56 Å². The van der Waals surface area contributed by atoms with Crippen LogP contribution in [0.5, 0.6) is 6.01 Å². The van der Waals surface area contributed by atoms with Crippen LogP contribution in [-0.2, 0) is 6.18 Å². The van der Waals surface area contributed by atoms with Crippen LogP contribution in [0.4, 0.5) is 38.0 Å². The van der Waals surface area contributed by atoms with Crippen molar-refractivity contribution in [1.29, 1.82) is 0 Å². The molecular weight excluding hydrogens is 438 g/mol.